The van der Waals surface area contributed by atoms with E-state index in [2.05, 4.69) is 27.6 Å². The molecule has 1 saturated carbocycles. The summed E-state index contributed by atoms with van der Waals surface area (Å²) in [5.74, 6) is -0.341. The number of fused-ring (bicyclic) bond motifs is 3. The molecule has 4 nitrogen and oxygen atoms in total. The standard InChI is InChI=1S/C23H25BrF2N2O2/c1-14(26)18(8-5-11-25)28-22-17-10-9-16(24)13-20(17)30-23(22)21(27-28)19(29)12-15-6-3-2-4-7-15/h9-10,13,15,18H,1-8,11-12H2. The smallest absolute Gasteiger partial charge is 0.187 e. The van der Waals surface area contributed by atoms with Gasteiger partial charge in [-0.05, 0) is 37.0 Å². The number of Topliss-reactive ketones (excluding diaryl/α,β-unsaturated/α-hetero) is 1. The molecule has 0 N–H and O–H groups in total. The van der Waals surface area contributed by atoms with Gasteiger partial charge in [-0.15, -0.1) is 0 Å². The number of carbonyl (C=O) groups excluding carboxylic acids is 1. The van der Waals surface area contributed by atoms with Crippen LogP contribution in [-0.4, -0.2) is 22.2 Å². The topological polar surface area (TPSA) is 48.0 Å². The van der Waals surface area contributed by atoms with Gasteiger partial charge in [0.05, 0.1) is 6.67 Å². The first-order valence-corrected chi connectivity index (χ1v) is 11.3. The van der Waals surface area contributed by atoms with Gasteiger partial charge in [0.15, 0.2) is 17.1 Å². The number of furan rings is 1. The zero-order valence-electron chi connectivity index (χ0n) is 16.8. The third-order valence-corrected chi connectivity index (χ3v) is 6.50. The molecule has 4 rings (SSSR count). The Labute approximate surface area is 182 Å². The second-order valence-corrected chi connectivity index (χ2v) is 9.05. The van der Waals surface area contributed by atoms with Crippen LogP contribution in [0.1, 0.15) is 67.9 Å². The van der Waals surface area contributed by atoms with Crippen molar-refractivity contribution in [1.82, 2.24) is 9.78 Å². The molecule has 2 aromatic heterocycles. The Hall–Kier alpha value is -2.02. The van der Waals surface area contributed by atoms with E-state index in [0.717, 1.165) is 35.5 Å². The lowest BCUT2D eigenvalue weighted by atomic mass is 9.85. The highest BCUT2D eigenvalue weighted by Crippen LogP contribution is 2.38. The highest BCUT2D eigenvalue weighted by molar-refractivity contribution is 9.10. The van der Waals surface area contributed by atoms with Crippen molar-refractivity contribution in [2.75, 3.05) is 6.67 Å². The number of nitrogens with zero attached hydrogens (tertiary/aromatic N) is 2. The molecule has 160 valence electrons. The quantitative estimate of drug-likeness (QED) is 0.315. The molecule has 7 heteroatoms. The highest BCUT2D eigenvalue weighted by atomic mass is 79.9. The summed E-state index contributed by atoms with van der Waals surface area (Å²) in [6.07, 6.45) is 6.41. The van der Waals surface area contributed by atoms with E-state index in [9.17, 15) is 13.6 Å². The fourth-order valence-corrected chi connectivity index (χ4v) is 4.83. The van der Waals surface area contributed by atoms with Crippen LogP contribution in [0.3, 0.4) is 0 Å². The summed E-state index contributed by atoms with van der Waals surface area (Å²) < 4.78 is 35.5. The normalized spacial score (nSPS) is 16.4. The van der Waals surface area contributed by atoms with E-state index >= 15 is 0 Å². The van der Waals surface area contributed by atoms with Gasteiger partial charge < -0.3 is 4.42 Å². The molecule has 0 aliphatic heterocycles. The lowest BCUT2D eigenvalue weighted by molar-refractivity contribution is 0.0944. The van der Waals surface area contributed by atoms with Crippen LogP contribution in [0.15, 0.2) is 39.5 Å². The molecule has 30 heavy (non-hydrogen) atoms. The summed E-state index contributed by atoms with van der Waals surface area (Å²) in [6, 6.07) is 4.69. The summed E-state index contributed by atoms with van der Waals surface area (Å²) in [5, 5.41) is 5.24. The number of hydrogen-bond donors (Lipinski definition) is 0. The van der Waals surface area contributed by atoms with Crippen molar-refractivity contribution in [3.8, 4) is 0 Å². The summed E-state index contributed by atoms with van der Waals surface area (Å²) in [4.78, 5) is 13.2. The Morgan fingerprint density at radius 2 is 2.10 bits per heavy atom. The Bertz CT molecular complexity index is 1080. The number of allylic oxidation sites excluding steroid dienone is 1. The SMILES string of the molecule is C=C(F)C(CCCF)n1nc(C(=O)CC2CCCCC2)c2oc3cc(Br)ccc3c21. The van der Waals surface area contributed by atoms with E-state index in [-0.39, 0.29) is 24.3 Å². The number of carbonyl (C=O) groups is 1. The van der Waals surface area contributed by atoms with Crippen LogP contribution in [0.2, 0.25) is 0 Å². The second-order valence-electron chi connectivity index (χ2n) is 8.14. The third kappa shape index (κ3) is 4.09. The van der Waals surface area contributed by atoms with Gasteiger partial charge in [-0.3, -0.25) is 13.9 Å². The first kappa shape index (κ1) is 21.2. The van der Waals surface area contributed by atoms with E-state index < -0.39 is 18.5 Å². The number of rotatable bonds is 8. The Morgan fingerprint density at radius 1 is 1.33 bits per heavy atom. The molecule has 1 unspecified atom stereocenters. The molecule has 1 aliphatic carbocycles. The fourth-order valence-electron chi connectivity index (χ4n) is 4.49. The molecule has 1 aromatic carbocycles. The van der Waals surface area contributed by atoms with E-state index in [1.165, 1.54) is 11.1 Å². The molecule has 0 radical (unpaired) electrons. The van der Waals surface area contributed by atoms with Crippen molar-refractivity contribution < 1.29 is 18.0 Å². The van der Waals surface area contributed by atoms with Gasteiger partial charge in [-0.2, -0.15) is 5.10 Å². The maximum atomic E-state index is 14.4. The van der Waals surface area contributed by atoms with Crippen molar-refractivity contribution in [2.45, 2.75) is 57.4 Å². The zero-order valence-corrected chi connectivity index (χ0v) is 18.4. The van der Waals surface area contributed by atoms with Crippen LogP contribution in [-0.2, 0) is 0 Å². The van der Waals surface area contributed by atoms with Crippen molar-refractivity contribution in [1.29, 1.82) is 0 Å². The Kier molecular flexibility index (Phi) is 6.37. The first-order valence-electron chi connectivity index (χ1n) is 10.5. The predicted molar refractivity (Wildman–Crippen MR) is 117 cm³/mol. The molecule has 1 fully saturated rings. The number of alkyl halides is 1. The maximum absolute atomic E-state index is 14.4. The van der Waals surface area contributed by atoms with Gasteiger partial charge in [0.25, 0.3) is 0 Å². The van der Waals surface area contributed by atoms with E-state index in [0.29, 0.717) is 29.0 Å². The fraction of sp³-hybridized carbons (Fsp3) is 0.478. The monoisotopic (exact) mass is 478 g/mol. The number of benzene rings is 1. The van der Waals surface area contributed by atoms with Crippen LogP contribution in [0.5, 0.6) is 0 Å². The molecule has 0 bridgehead atoms. The van der Waals surface area contributed by atoms with Crippen molar-refractivity contribution >= 4 is 43.8 Å². The molecule has 2 heterocycles. The molecular weight excluding hydrogens is 454 g/mol. The molecule has 0 saturated heterocycles. The summed E-state index contributed by atoms with van der Waals surface area (Å²) >= 11 is 3.43. The summed E-state index contributed by atoms with van der Waals surface area (Å²) in [6.45, 7) is 2.89. The van der Waals surface area contributed by atoms with Gasteiger partial charge in [0.1, 0.15) is 23.0 Å². The van der Waals surface area contributed by atoms with Gasteiger partial charge in [-0.25, -0.2) is 4.39 Å². The third-order valence-electron chi connectivity index (χ3n) is 6.01. The van der Waals surface area contributed by atoms with E-state index in [1.807, 2.05) is 18.2 Å². The van der Waals surface area contributed by atoms with Crippen molar-refractivity contribution in [3.05, 3.63) is 40.8 Å². The van der Waals surface area contributed by atoms with Crippen LogP contribution in [0.4, 0.5) is 8.78 Å². The second kappa shape index (κ2) is 9.00. The molecular formula is C23H25BrF2N2O2. The van der Waals surface area contributed by atoms with E-state index in [4.69, 9.17) is 4.42 Å². The summed E-state index contributed by atoms with van der Waals surface area (Å²) in [5.41, 5.74) is 1.75. The minimum Gasteiger partial charge on any atom is -0.452 e. The average Bonchev–Trinajstić information content (AvgIpc) is 3.26. The average molecular weight is 479 g/mol. The maximum Gasteiger partial charge on any atom is 0.187 e. The minimum atomic E-state index is -0.844. The highest BCUT2D eigenvalue weighted by Gasteiger charge is 2.29. The van der Waals surface area contributed by atoms with Crippen LogP contribution < -0.4 is 0 Å². The van der Waals surface area contributed by atoms with Crippen LogP contribution in [0, 0.1) is 5.92 Å². The Balaban J connectivity index is 1.82. The summed E-state index contributed by atoms with van der Waals surface area (Å²) in [7, 11) is 0. The van der Waals surface area contributed by atoms with Crippen LogP contribution in [0.25, 0.3) is 22.1 Å². The molecule has 1 aliphatic rings. The van der Waals surface area contributed by atoms with Gasteiger partial charge in [0, 0.05) is 16.3 Å². The number of halogens is 3. The molecule has 0 amide bonds. The minimum absolute atomic E-state index is 0.0857. The molecule has 1 atom stereocenters. The lowest BCUT2D eigenvalue weighted by Crippen LogP contribution is -2.15. The predicted octanol–water partition coefficient (Wildman–Crippen LogP) is 7.47. The van der Waals surface area contributed by atoms with Gasteiger partial charge in [0.2, 0.25) is 0 Å². The molecule has 0 spiro atoms. The zero-order chi connectivity index (χ0) is 21.3. The van der Waals surface area contributed by atoms with Gasteiger partial charge >= 0.3 is 0 Å². The van der Waals surface area contributed by atoms with E-state index in [1.54, 1.807) is 0 Å². The molecule has 3 aromatic rings. The number of ketones is 1. The van der Waals surface area contributed by atoms with Crippen LogP contribution >= 0.6 is 15.9 Å². The van der Waals surface area contributed by atoms with Crippen molar-refractivity contribution in [2.24, 2.45) is 5.92 Å². The first-order chi connectivity index (χ1) is 14.5. The number of aromatic nitrogens is 2. The number of hydrogen-bond acceptors (Lipinski definition) is 3. The lowest BCUT2D eigenvalue weighted by Gasteiger charge is -2.20. The largest absolute Gasteiger partial charge is 0.452 e. The van der Waals surface area contributed by atoms with Gasteiger partial charge in [-0.1, -0.05) is 54.6 Å². The Morgan fingerprint density at radius 3 is 2.80 bits per heavy atom. The van der Waals surface area contributed by atoms with Crippen molar-refractivity contribution in [3.63, 3.8) is 0 Å².